The third kappa shape index (κ3) is 3.15. The second kappa shape index (κ2) is 6.28. The molecule has 0 N–H and O–H groups in total. The maximum Gasteiger partial charge on any atom is 0.203 e. The van der Waals surface area contributed by atoms with E-state index in [0.717, 1.165) is 0 Å². The van der Waals surface area contributed by atoms with Gasteiger partial charge in [0.25, 0.3) is 0 Å². The first-order valence-electron chi connectivity index (χ1n) is 5.86. The zero-order chi connectivity index (χ0) is 13.7. The fourth-order valence-corrected chi connectivity index (χ4v) is 1.73. The van der Waals surface area contributed by atoms with Crippen molar-refractivity contribution in [1.82, 2.24) is 0 Å². The minimum atomic E-state index is 0.0734. The Morgan fingerprint density at radius 2 is 1.56 bits per heavy atom. The third-order valence-corrected chi connectivity index (χ3v) is 2.58. The van der Waals surface area contributed by atoms with Crippen LogP contribution in [0.5, 0.6) is 17.2 Å². The van der Waals surface area contributed by atoms with Crippen LogP contribution < -0.4 is 14.2 Å². The summed E-state index contributed by atoms with van der Waals surface area (Å²) in [6.07, 6.45) is 0.499. The van der Waals surface area contributed by atoms with Gasteiger partial charge in [-0.15, -0.1) is 0 Å². The van der Waals surface area contributed by atoms with E-state index in [1.807, 2.05) is 13.8 Å². The van der Waals surface area contributed by atoms with Gasteiger partial charge < -0.3 is 14.2 Å². The number of hydrogen-bond donors (Lipinski definition) is 0. The van der Waals surface area contributed by atoms with Gasteiger partial charge in [0.1, 0.15) is 0 Å². The quantitative estimate of drug-likeness (QED) is 0.730. The highest BCUT2D eigenvalue weighted by molar-refractivity contribution is 5.97. The van der Waals surface area contributed by atoms with Gasteiger partial charge in [-0.1, -0.05) is 13.8 Å². The van der Waals surface area contributed by atoms with E-state index in [1.165, 1.54) is 21.3 Å². The number of Topliss-reactive ketones (excluding diaryl/α,β-unsaturated/α-hetero) is 1. The molecular weight excluding hydrogens is 232 g/mol. The molecule has 100 valence electrons. The normalized spacial score (nSPS) is 10.3. The molecule has 0 aliphatic carbocycles. The Hall–Kier alpha value is -1.71. The zero-order valence-corrected chi connectivity index (χ0v) is 11.6. The first-order chi connectivity index (χ1) is 8.53. The van der Waals surface area contributed by atoms with Crippen LogP contribution in [0.25, 0.3) is 0 Å². The molecule has 0 aliphatic rings. The summed E-state index contributed by atoms with van der Waals surface area (Å²) in [5.41, 5.74) is 0.582. The summed E-state index contributed by atoms with van der Waals surface area (Å²) >= 11 is 0. The van der Waals surface area contributed by atoms with Crippen LogP contribution in [0.3, 0.4) is 0 Å². The van der Waals surface area contributed by atoms with Crippen LogP contribution in [0.1, 0.15) is 30.6 Å². The van der Waals surface area contributed by atoms with Crippen molar-refractivity contribution in [3.63, 3.8) is 0 Å². The zero-order valence-electron chi connectivity index (χ0n) is 11.6. The van der Waals surface area contributed by atoms with E-state index in [9.17, 15) is 4.79 Å². The lowest BCUT2D eigenvalue weighted by atomic mass is 10.0. The summed E-state index contributed by atoms with van der Waals surface area (Å²) in [4.78, 5) is 12.0. The van der Waals surface area contributed by atoms with E-state index >= 15 is 0 Å². The second-order valence-corrected chi connectivity index (χ2v) is 4.44. The Kier molecular flexibility index (Phi) is 5.01. The minimum Gasteiger partial charge on any atom is -0.493 e. The van der Waals surface area contributed by atoms with Gasteiger partial charge in [0, 0.05) is 12.0 Å². The first kappa shape index (κ1) is 14.4. The summed E-state index contributed by atoms with van der Waals surface area (Å²) in [7, 11) is 4.61. The number of carbonyl (C=O) groups excluding carboxylic acids is 1. The van der Waals surface area contributed by atoms with Crippen molar-refractivity contribution >= 4 is 5.78 Å². The van der Waals surface area contributed by atoms with Gasteiger partial charge in [-0.3, -0.25) is 4.79 Å². The highest BCUT2D eigenvalue weighted by Crippen LogP contribution is 2.38. The summed E-state index contributed by atoms with van der Waals surface area (Å²) < 4.78 is 15.6. The van der Waals surface area contributed by atoms with Crippen LogP contribution in [-0.4, -0.2) is 27.1 Å². The van der Waals surface area contributed by atoms with E-state index < -0.39 is 0 Å². The van der Waals surface area contributed by atoms with Gasteiger partial charge >= 0.3 is 0 Å². The predicted molar refractivity (Wildman–Crippen MR) is 69.9 cm³/mol. The molecule has 1 rings (SSSR count). The lowest BCUT2D eigenvalue weighted by Crippen LogP contribution is -2.05. The Morgan fingerprint density at radius 1 is 1.06 bits per heavy atom. The lowest BCUT2D eigenvalue weighted by Gasteiger charge is -2.14. The van der Waals surface area contributed by atoms with Gasteiger partial charge in [-0.05, 0) is 18.1 Å². The van der Waals surface area contributed by atoms with Crippen molar-refractivity contribution < 1.29 is 19.0 Å². The number of rotatable bonds is 6. The molecule has 0 aliphatic heterocycles. The van der Waals surface area contributed by atoms with Gasteiger partial charge in [-0.25, -0.2) is 0 Å². The minimum absolute atomic E-state index is 0.0734. The van der Waals surface area contributed by atoms with Gasteiger partial charge in [0.2, 0.25) is 5.75 Å². The molecule has 0 aromatic heterocycles. The Labute approximate surface area is 108 Å². The predicted octanol–water partition coefficient (Wildman–Crippen LogP) is 2.94. The summed E-state index contributed by atoms with van der Waals surface area (Å²) in [6, 6.07) is 3.37. The van der Waals surface area contributed by atoms with E-state index in [4.69, 9.17) is 14.2 Å². The van der Waals surface area contributed by atoms with Crippen molar-refractivity contribution in [2.75, 3.05) is 21.3 Å². The summed E-state index contributed by atoms with van der Waals surface area (Å²) in [5.74, 6) is 1.90. The van der Waals surface area contributed by atoms with Crippen molar-refractivity contribution in [2.24, 2.45) is 5.92 Å². The monoisotopic (exact) mass is 252 g/mol. The van der Waals surface area contributed by atoms with E-state index in [1.54, 1.807) is 12.1 Å². The van der Waals surface area contributed by atoms with Crippen LogP contribution >= 0.6 is 0 Å². The Bertz CT molecular complexity index is 399. The highest BCUT2D eigenvalue weighted by Gasteiger charge is 2.17. The van der Waals surface area contributed by atoms with Crippen molar-refractivity contribution in [2.45, 2.75) is 20.3 Å². The lowest BCUT2D eigenvalue weighted by molar-refractivity contribution is 0.0967. The molecule has 0 saturated carbocycles. The van der Waals surface area contributed by atoms with Crippen LogP contribution in [0.4, 0.5) is 0 Å². The topological polar surface area (TPSA) is 44.8 Å². The summed E-state index contributed by atoms with van der Waals surface area (Å²) in [6.45, 7) is 4.02. The molecule has 0 bridgehead atoms. The van der Waals surface area contributed by atoms with Crippen LogP contribution in [0, 0.1) is 5.92 Å². The second-order valence-electron chi connectivity index (χ2n) is 4.44. The molecule has 0 radical (unpaired) electrons. The maximum absolute atomic E-state index is 12.0. The fourth-order valence-electron chi connectivity index (χ4n) is 1.73. The smallest absolute Gasteiger partial charge is 0.203 e. The van der Waals surface area contributed by atoms with Crippen molar-refractivity contribution in [1.29, 1.82) is 0 Å². The van der Waals surface area contributed by atoms with Gasteiger partial charge in [0.05, 0.1) is 21.3 Å². The average Bonchev–Trinajstić information content (AvgIpc) is 2.35. The van der Waals surface area contributed by atoms with Gasteiger partial charge in [0.15, 0.2) is 17.3 Å². The number of ketones is 1. The molecule has 0 heterocycles. The number of hydrogen-bond acceptors (Lipinski definition) is 4. The van der Waals surface area contributed by atoms with Crippen molar-refractivity contribution in [3.8, 4) is 17.2 Å². The van der Waals surface area contributed by atoms with Gasteiger partial charge in [-0.2, -0.15) is 0 Å². The average molecular weight is 252 g/mol. The molecular formula is C14H20O4. The van der Waals surface area contributed by atoms with E-state index in [0.29, 0.717) is 35.2 Å². The van der Waals surface area contributed by atoms with E-state index in [2.05, 4.69) is 0 Å². The fraction of sp³-hybridized carbons (Fsp3) is 0.500. The summed E-state index contributed by atoms with van der Waals surface area (Å²) in [5, 5.41) is 0. The molecule has 1 aromatic rings. The molecule has 4 nitrogen and oxygen atoms in total. The molecule has 4 heteroatoms. The number of methoxy groups -OCH3 is 3. The van der Waals surface area contributed by atoms with Crippen molar-refractivity contribution in [3.05, 3.63) is 17.7 Å². The van der Waals surface area contributed by atoms with Crippen LogP contribution in [0.2, 0.25) is 0 Å². The first-order valence-corrected chi connectivity index (χ1v) is 5.86. The molecule has 0 unspecified atom stereocenters. The largest absolute Gasteiger partial charge is 0.493 e. The molecule has 0 saturated heterocycles. The molecule has 18 heavy (non-hydrogen) atoms. The van der Waals surface area contributed by atoms with E-state index in [-0.39, 0.29) is 5.78 Å². The molecule has 0 amide bonds. The van der Waals surface area contributed by atoms with Crippen LogP contribution in [-0.2, 0) is 0 Å². The SMILES string of the molecule is COc1cc(C(=O)CC(C)C)cc(OC)c1OC. The molecule has 0 spiro atoms. The highest BCUT2D eigenvalue weighted by atomic mass is 16.5. The van der Waals surface area contributed by atoms with Crippen LogP contribution in [0.15, 0.2) is 12.1 Å². The number of ether oxygens (including phenoxy) is 3. The molecule has 0 fully saturated rings. The molecule has 1 aromatic carbocycles. The standard InChI is InChI=1S/C14H20O4/c1-9(2)6-11(15)10-7-12(16-3)14(18-5)13(8-10)17-4/h7-9H,6H2,1-5H3. The Morgan fingerprint density at radius 3 is 1.89 bits per heavy atom. The number of carbonyl (C=O) groups is 1. The number of benzene rings is 1. The molecule has 0 atom stereocenters. The maximum atomic E-state index is 12.0. The Balaban J connectivity index is 3.18. The third-order valence-electron chi connectivity index (χ3n) is 2.58.